The van der Waals surface area contributed by atoms with E-state index in [0.717, 1.165) is 132 Å². The lowest BCUT2D eigenvalue weighted by atomic mass is 10.1. The minimum absolute atomic E-state index is 0.612. The molecule has 0 saturated carbocycles. The normalized spacial score (nSPS) is 14.0. The summed E-state index contributed by atoms with van der Waals surface area (Å²) in [6.07, 6.45) is 2.10. The Morgan fingerprint density at radius 1 is 0.633 bits per heavy atom. The molecule has 49 heavy (non-hydrogen) atoms. The first-order valence-electron chi connectivity index (χ1n) is 17.1. The Morgan fingerprint density at radius 2 is 1.14 bits per heavy atom. The van der Waals surface area contributed by atoms with Crippen LogP contribution in [-0.2, 0) is 0 Å². The van der Waals surface area contributed by atoms with Gasteiger partial charge in [0.15, 0.2) is 0 Å². The Kier molecular flexibility index (Phi) is 9.60. The topological polar surface area (TPSA) is 98.6 Å². The molecule has 1 aliphatic rings. The van der Waals surface area contributed by atoms with Crippen LogP contribution in [-0.4, -0.2) is 86.3 Å². The highest BCUT2D eigenvalue weighted by Crippen LogP contribution is 2.35. The average Bonchev–Trinajstić information content (AvgIpc) is 3.14. The minimum Gasteiger partial charge on any atom is -0.497 e. The minimum atomic E-state index is 0.612. The van der Waals surface area contributed by atoms with E-state index in [2.05, 4.69) is 57.7 Å². The second-order valence-electron chi connectivity index (χ2n) is 12.8. The molecule has 9 nitrogen and oxygen atoms in total. The van der Waals surface area contributed by atoms with E-state index in [1.165, 1.54) is 5.56 Å². The molecule has 0 aliphatic carbocycles. The third-order valence-electron chi connectivity index (χ3n) is 9.62. The van der Waals surface area contributed by atoms with Gasteiger partial charge in [-0.05, 0) is 99.1 Å². The first-order valence-corrected chi connectivity index (χ1v) is 17.1. The Hall–Kier alpha value is -5.17. The largest absolute Gasteiger partial charge is 0.497 e. The van der Waals surface area contributed by atoms with Gasteiger partial charge in [-0.1, -0.05) is 12.1 Å². The van der Waals surface area contributed by atoms with E-state index in [-0.39, 0.29) is 0 Å². The number of hydrogen-bond donors (Lipinski definition) is 2. The third-order valence-corrected chi connectivity index (χ3v) is 9.62. The lowest BCUT2D eigenvalue weighted by molar-refractivity contribution is 0.132. The van der Waals surface area contributed by atoms with Crippen LogP contribution in [0.25, 0.3) is 43.6 Å². The van der Waals surface area contributed by atoms with Crippen LogP contribution in [0.3, 0.4) is 0 Å². The number of hydrogen-bond acceptors (Lipinski definition) is 9. The van der Waals surface area contributed by atoms with Gasteiger partial charge >= 0.3 is 0 Å². The molecule has 2 N–H and O–H groups in total. The van der Waals surface area contributed by atoms with Gasteiger partial charge in [0.1, 0.15) is 11.5 Å². The molecule has 0 spiro atoms. The van der Waals surface area contributed by atoms with Crippen LogP contribution in [0.2, 0.25) is 0 Å². The molecule has 6 aromatic rings. The molecule has 2 aromatic heterocycles. The summed E-state index contributed by atoms with van der Waals surface area (Å²) >= 11 is 0. The molecular formula is C40H43N7O2. The zero-order chi connectivity index (χ0) is 33.7. The van der Waals surface area contributed by atoms with Crippen molar-refractivity contribution in [2.75, 3.05) is 77.2 Å². The first kappa shape index (κ1) is 32.4. The number of nitrogens with zero attached hydrogens (tertiary/aromatic N) is 5. The SMILES string of the molecule is COc1ccc2nc3cc(C)ccc3c(NCCCN3CCN(CCCNc4c5ccc(C#N)cc5nc5ccc(OC)cc45)CC3)c2c1. The van der Waals surface area contributed by atoms with E-state index in [0.29, 0.717) is 5.56 Å². The van der Waals surface area contributed by atoms with Gasteiger partial charge in [0.05, 0.1) is 59.3 Å². The molecule has 0 atom stereocenters. The fraction of sp³-hybridized carbons (Fsp3) is 0.325. The van der Waals surface area contributed by atoms with Gasteiger partial charge in [0.2, 0.25) is 0 Å². The van der Waals surface area contributed by atoms with E-state index in [1.54, 1.807) is 14.2 Å². The van der Waals surface area contributed by atoms with Crippen LogP contribution in [0.4, 0.5) is 11.4 Å². The molecule has 250 valence electrons. The molecule has 0 amide bonds. The van der Waals surface area contributed by atoms with Crippen molar-refractivity contribution in [3.63, 3.8) is 0 Å². The van der Waals surface area contributed by atoms with Gasteiger partial charge in [0, 0.05) is 60.8 Å². The van der Waals surface area contributed by atoms with E-state index < -0.39 is 0 Å². The predicted molar refractivity (Wildman–Crippen MR) is 200 cm³/mol. The van der Waals surface area contributed by atoms with Crippen molar-refractivity contribution >= 4 is 55.0 Å². The number of methoxy groups -OCH3 is 2. The van der Waals surface area contributed by atoms with Gasteiger partial charge in [0.25, 0.3) is 0 Å². The van der Waals surface area contributed by atoms with Crippen molar-refractivity contribution in [3.05, 3.63) is 83.9 Å². The molecule has 1 aliphatic heterocycles. The second-order valence-corrected chi connectivity index (χ2v) is 12.8. The molecule has 0 bridgehead atoms. The summed E-state index contributed by atoms with van der Waals surface area (Å²) in [5.41, 5.74) is 7.70. The molecule has 0 unspecified atom stereocenters. The van der Waals surface area contributed by atoms with Crippen molar-refractivity contribution in [1.82, 2.24) is 19.8 Å². The molecule has 0 radical (unpaired) electrons. The van der Waals surface area contributed by atoms with Crippen molar-refractivity contribution in [2.24, 2.45) is 0 Å². The summed E-state index contributed by atoms with van der Waals surface area (Å²) in [6, 6.07) is 26.5. The highest BCUT2D eigenvalue weighted by atomic mass is 16.5. The van der Waals surface area contributed by atoms with Crippen LogP contribution in [0.5, 0.6) is 11.5 Å². The third kappa shape index (κ3) is 7.02. The van der Waals surface area contributed by atoms with E-state index in [4.69, 9.17) is 19.4 Å². The van der Waals surface area contributed by atoms with Crippen molar-refractivity contribution in [1.29, 1.82) is 5.26 Å². The number of ether oxygens (including phenoxy) is 2. The highest BCUT2D eigenvalue weighted by Gasteiger charge is 2.17. The molecule has 3 heterocycles. The fourth-order valence-corrected chi connectivity index (χ4v) is 6.93. The van der Waals surface area contributed by atoms with Crippen LogP contribution in [0.15, 0.2) is 72.8 Å². The average molecular weight is 654 g/mol. The standard InChI is InChI=1S/C40H43N7O2/c1-27-6-10-31-37(22-27)44-35-12-8-29(48-2)24-33(35)39(31)42-14-4-16-46-18-20-47(21-19-46)17-5-15-43-40-32-11-7-28(26-41)23-38(32)45-36-13-9-30(49-3)25-34(36)40/h6-13,22-25H,4-5,14-21H2,1-3H3,(H,42,44)(H,43,45). The Bertz CT molecular complexity index is 2170. The van der Waals surface area contributed by atoms with Crippen LogP contribution in [0, 0.1) is 18.3 Å². The number of fused-ring (bicyclic) bond motifs is 4. The molecule has 1 fully saturated rings. The van der Waals surface area contributed by atoms with E-state index in [1.807, 2.05) is 48.5 Å². The van der Waals surface area contributed by atoms with E-state index >= 15 is 0 Å². The van der Waals surface area contributed by atoms with Crippen molar-refractivity contribution in [3.8, 4) is 17.6 Å². The Balaban J connectivity index is 0.911. The summed E-state index contributed by atoms with van der Waals surface area (Å²) in [5, 5.41) is 21.2. The molecule has 9 heteroatoms. The number of nitriles is 1. The van der Waals surface area contributed by atoms with Gasteiger partial charge in [-0.3, -0.25) is 0 Å². The number of rotatable bonds is 12. The van der Waals surface area contributed by atoms with Gasteiger partial charge in [-0.2, -0.15) is 5.26 Å². The summed E-state index contributed by atoms with van der Waals surface area (Å²) in [5.74, 6) is 1.64. The fourth-order valence-electron chi connectivity index (χ4n) is 6.93. The summed E-state index contributed by atoms with van der Waals surface area (Å²) in [7, 11) is 3.39. The lowest BCUT2D eigenvalue weighted by Gasteiger charge is -2.34. The number of pyridine rings is 2. The summed E-state index contributed by atoms with van der Waals surface area (Å²) in [4.78, 5) is 14.9. The number of aromatic nitrogens is 2. The number of benzene rings is 4. The molecule has 4 aromatic carbocycles. The number of nitrogens with one attached hydrogen (secondary N) is 2. The number of piperazine rings is 1. The maximum absolute atomic E-state index is 9.42. The van der Waals surface area contributed by atoms with Gasteiger partial charge in [-0.15, -0.1) is 0 Å². The molecule has 1 saturated heterocycles. The Morgan fingerprint density at radius 3 is 1.65 bits per heavy atom. The Labute approximate surface area is 287 Å². The highest BCUT2D eigenvalue weighted by molar-refractivity contribution is 6.09. The number of anilines is 2. The first-order chi connectivity index (χ1) is 24.0. The smallest absolute Gasteiger partial charge is 0.119 e. The number of aryl methyl sites for hydroxylation is 1. The maximum atomic E-state index is 9.42. The van der Waals surface area contributed by atoms with Crippen molar-refractivity contribution < 1.29 is 9.47 Å². The van der Waals surface area contributed by atoms with Crippen LogP contribution in [0.1, 0.15) is 24.0 Å². The molecular weight excluding hydrogens is 610 g/mol. The summed E-state index contributed by atoms with van der Waals surface area (Å²) < 4.78 is 11.0. The van der Waals surface area contributed by atoms with Crippen LogP contribution >= 0.6 is 0 Å². The van der Waals surface area contributed by atoms with Gasteiger partial charge in [-0.25, -0.2) is 9.97 Å². The quantitative estimate of drug-likeness (QED) is 0.105. The van der Waals surface area contributed by atoms with Crippen molar-refractivity contribution in [2.45, 2.75) is 19.8 Å². The predicted octanol–water partition coefficient (Wildman–Crippen LogP) is 7.21. The zero-order valence-corrected chi connectivity index (χ0v) is 28.6. The van der Waals surface area contributed by atoms with Crippen LogP contribution < -0.4 is 20.1 Å². The lowest BCUT2D eigenvalue weighted by Crippen LogP contribution is -2.47. The zero-order valence-electron chi connectivity index (χ0n) is 28.6. The van der Waals surface area contributed by atoms with E-state index in [9.17, 15) is 5.26 Å². The second kappa shape index (κ2) is 14.5. The maximum Gasteiger partial charge on any atom is 0.119 e. The molecule has 7 rings (SSSR count). The monoisotopic (exact) mass is 653 g/mol. The van der Waals surface area contributed by atoms with Gasteiger partial charge < -0.3 is 29.9 Å². The summed E-state index contributed by atoms with van der Waals surface area (Å²) in [6.45, 7) is 10.3.